The molecule has 0 aromatic rings. The summed E-state index contributed by atoms with van der Waals surface area (Å²) in [4.78, 5) is 2.59. The standard InChI is InChI=1S/C14H30N2/c1-5-15-10-14(12(2)3)16(4)11-13-8-6-7-9-13/h12-15H,5-11H2,1-4H3. The SMILES string of the molecule is CCNCC(C(C)C)N(C)CC1CCCC1. The van der Waals surface area contributed by atoms with Crippen molar-refractivity contribution in [1.29, 1.82) is 0 Å². The fourth-order valence-corrected chi connectivity index (χ4v) is 2.93. The average Bonchev–Trinajstić information content (AvgIpc) is 2.70. The molecule has 0 aromatic heterocycles. The van der Waals surface area contributed by atoms with Gasteiger partial charge in [-0.15, -0.1) is 0 Å². The first kappa shape index (κ1) is 14.0. The lowest BCUT2D eigenvalue weighted by Gasteiger charge is -2.33. The third kappa shape index (κ3) is 4.42. The van der Waals surface area contributed by atoms with Crippen LogP contribution in [0, 0.1) is 11.8 Å². The highest BCUT2D eigenvalue weighted by Crippen LogP contribution is 2.26. The first-order valence-electron chi connectivity index (χ1n) is 7.06. The van der Waals surface area contributed by atoms with E-state index < -0.39 is 0 Å². The van der Waals surface area contributed by atoms with Crippen LogP contribution >= 0.6 is 0 Å². The molecule has 16 heavy (non-hydrogen) atoms. The number of likely N-dealkylation sites (N-methyl/N-ethyl adjacent to an activating group) is 2. The third-order valence-corrected chi connectivity index (χ3v) is 3.96. The minimum atomic E-state index is 0.695. The van der Waals surface area contributed by atoms with Crippen molar-refractivity contribution < 1.29 is 0 Å². The topological polar surface area (TPSA) is 15.3 Å². The molecule has 0 aliphatic heterocycles. The zero-order chi connectivity index (χ0) is 12.0. The van der Waals surface area contributed by atoms with Gasteiger partial charge in [-0.3, -0.25) is 0 Å². The van der Waals surface area contributed by atoms with Gasteiger partial charge in [-0.05, 0) is 38.3 Å². The minimum Gasteiger partial charge on any atom is -0.315 e. The molecule has 0 aromatic carbocycles. The van der Waals surface area contributed by atoms with E-state index in [2.05, 4.69) is 38.0 Å². The second-order valence-corrected chi connectivity index (χ2v) is 5.71. The van der Waals surface area contributed by atoms with Crippen molar-refractivity contribution in [2.24, 2.45) is 11.8 Å². The van der Waals surface area contributed by atoms with E-state index >= 15 is 0 Å². The molecule has 0 amide bonds. The van der Waals surface area contributed by atoms with Crippen molar-refractivity contribution in [3.05, 3.63) is 0 Å². The molecule has 1 aliphatic rings. The lowest BCUT2D eigenvalue weighted by molar-refractivity contribution is 0.163. The largest absolute Gasteiger partial charge is 0.315 e. The molecule has 1 aliphatic carbocycles. The minimum absolute atomic E-state index is 0.695. The summed E-state index contributed by atoms with van der Waals surface area (Å²) in [5.41, 5.74) is 0. The van der Waals surface area contributed by atoms with Gasteiger partial charge in [0.15, 0.2) is 0 Å². The Bertz CT molecular complexity index is 174. The van der Waals surface area contributed by atoms with Gasteiger partial charge in [-0.2, -0.15) is 0 Å². The van der Waals surface area contributed by atoms with E-state index in [4.69, 9.17) is 0 Å². The van der Waals surface area contributed by atoms with Gasteiger partial charge in [0.1, 0.15) is 0 Å². The van der Waals surface area contributed by atoms with Crippen LogP contribution in [-0.4, -0.2) is 37.6 Å². The summed E-state index contributed by atoms with van der Waals surface area (Å²) in [7, 11) is 2.31. The predicted molar refractivity (Wildman–Crippen MR) is 71.8 cm³/mol. The molecule has 1 rings (SSSR count). The molecule has 1 saturated carbocycles. The Hall–Kier alpha value is -0.0800. The third-order valence-electron chi connectivity index (χ3n) is 3.96. The highest BCUT2D eigenvalue weighted by molar-refractivity contribution is 4.78. The number of hydrogen-bond acceptors (Lipinski definition) is 2. The van der Waals surface area contributed by atoms with Gasteiger partial charge < -0.3 is 10.2 Å². The summed E-state index contributed by atoms with van der Waals surface area (Å²) >= 11 is 0. The molecule has 0 saturated heterocycles. The molecule has 1 unspecified atom stereocenters. The van der Waals surface area contributed by atoms with E-state index in [1.54, 1.807) is 0 Å². The highest BCUT2D eigenvalue weighted by Gasteiger charge is 2.22. The fraction of sp³-hybridized carbons (Fsp3) is 1.00. The quantitative estimate of drug-likeness (QED) is 0.718. The van der Waals surface area contributed by atoms with Gasteiger partial charge in [0.2, 0.25) is 0 Å². The van der Waals surface area contributed by atoms with Crippen molar-refractivity contribution in [1.82, 2.24) is 10.2 Å². The molecule has 96 valence electrons. The van der Waals surface area contributed by atoms with Gasteiger partial charge in [0, 0.05) is 19.1 Å². The molecule has 2 nitrogen and oxygen atoms in total. The Morgan fingerprint density at radius 2 is 1.88 bits per heavy atom. The van der Waals surface area contributed by atoms with Gasteiger partial charge in [0.25, 0.3) is 0 Å². The molecular formula is C14H30N2. The first-order valence-corrected chi connectivity index (χ1v) is 7.06. The second kappa shape index (κ2) is 7.29. The molecule has 1 atom stereocenters. The Labute approximate surface area is 102 Å². The average molecular weight is 226 g/mol. The normalized spacial score (nSPS) is 19.9. The number of rotatable bonds is 7. The first-order chi connectivity index (χ1) is 7.65. The molecule has 0 spiro atoms. The van der Waals surface area contributed by atoms with Crippen LogP contribution < -0.4 is 5.32 Å². The molecule has 2 heteroatoms. The maximum absolute atomic E-state index is 3.49. The Morgan fingerprint density at radius 1 is 1.25 bits per heavy atom. The second-order valence-electron chi connectivity index (χ2n) is 5.71. The summed E-state index contributed by atoms with van der Waals surface area (Å²) in [6, 6.07) is 0.695. The Balaban J connectivity index is 2.36. The monoisotopic (exact) mass is 226 g/mol. The summed E-state index contributed by atoms with van der Waals surface area (Å²) < 4.78 is 0. The highest BCUT2D eigenvalue weighted by atomic mass is 15.2. The molecule has 1 fully saturated rings. The maximum atomic E-state index is 3.49. The van der Waals surface area contributed by atoms with E-state index in [0.29, 0.717) is 6.04 Å². The van der Waals surface area contributed by atoms with E-state index in [1.165, 1.54) is 32.2 Å². The summed E-state index contributed by atoms with van der Waals surface area (Å²) in [5.74, 6) is 1.71. The van der Waals surface area contributed by atoms with E-state index in [0.717, 1.165) is 24.9 Å². The van der Waals surface area contributed by atoms with Crippen LogP contribution in [0.15, 0.2) is 0 Å². The maximum Gasteiger partial charge on any atom is 0.0240 e. The van der Waals surface area contributed by atoms with E-state index in [-0.39, 0.29) is 0 Å². The van der Waals surface area contributed by atoms with Crippen LogP contribution in [0.2, 0.25) is 0 Å². The fourth-order valence-electron chi connectivity index (χ4n) is 2.93. The van der Waals surface area contributed by atoms with Crippen LogP contribution in [0.1, 0.15) is 46.5 Å². The number of hydrogen-bond donors (Lipinski definition) is 1. The van der Waals surface area contributed by atoms with Crippen molar-refractivity contribution in [2.45, 2.75) is 52.5 Å². The van der Waals surface area contributed by atoms with Crippen molar-refractivity contribution in [3.8, 4) is 0 Å². The lowest BCUT2D eigenvalue weighted by atomic mass is 10.0. The van der Waals surface area contributed by atoms with Crippen molar-refractivity contribution in [3.63, 3.8) is 0 Å². The number of nitrogens with one attached hydrogen (secondary N) is 1. The number of nitrogens with zero attached hydrogens (tertiary/aromatic N) is 1. The van der Waals surface area contributed by atoms with Crippen molar-refractivity contribution >= 4 is 0 Å². The smallest absolute Gasteiger partial charge is 0.0240 e. The molecule has 1 N–H and O–H groups in total. The van der Waals surface area contributed by atoms with Crippen LogP contribution in [0.3, 0.4) is 0 Å². The predicted octanol–water partition coefficient (Wildman–Crippen LogP) is 2.74. The lowest BCUT2D eigenvalue weighted by Crippen LogP contribution is -2.45. The van der Waals surface area contributed by atoms with Crippen LogP contribution in [0.4, 0.5) is 0 Å². The van der Waals surface area contributed by atoms with Gasteiger partial charge in [-0.25, -0.2) is 0 Å². The van der Waals surface area contributed by atoms with Gasteiger partial charge in [0.05, 0.1) is 0 Å². The zero-order valence-corrected chi connectivity index (χ0v) is 11.6. The Kier molecular flexibility index (Phi) is 6.37. The zero-order valence-electron chi connectivity index (χ0n) is 11.6. The molecule has 0 heterocycles. The summed E-state index contributed by atoms with van der Waals surface area (Å²) in [6.45, 7) is 10.4. The van der Waals surface area contributed by atoms with Crippen LogP contribution in [-0.2, 0) is 0 Å². The Morgan fingerprint density at radius 3 is 2.38 bits per heavy atom. The molecule has 0 bridgehead atoms. The van der Waals surface area contributed by atoms with E-state index in [9.17, 15) is 0 Å². The van der Waals surface area contributed by atoms with E-state index in [1.807, 2.05) is 0 Å². The molecule has 0 radical (unpaired) electrons. The molecular weight excluding hydrogens is 196 g/mol. The van der Waals surface area contributed by atoms with Crippen molar-refractivity contribution in [2.75, 3.05) is 26.7 Å². The van der Waals surface area contributed by atoms with Crippen LogP contribution in [0.5, 0.6) is 0 Å². The summed E-state index contributed by atoms with van der Waals surface area (Å²) in [6.07, 6.45) is 5.82. The van der Waals surface area contributed by atoms with Gasteiger partial charge in [-0.1, -0.05) is 33.6 Å². The van der Waals surface area contributed by atoms with Crippen LogP contribution in [0.25, 0.3) is 0 Å². The summed E-state index contributed by atoms with van der Waals surface area (Å²) in [5, 5.41) is 3.49. The van der Waals surface area contributed by atoms with Gasteiger partial charge >= 0.3 is 0 Å².